The highest BCUT2D eigenvalue weighted by molar-refractivity contribution is 5.78. The SMILES string of the molecule is COc1ccc(Oc2cc(CNC(=O)C3CC4CCCC(C3)C4N)ccn2)cc1. The minimum absolute atomic E-state index is 0.0851. The van der Waals surface area contributed by atoms with E-state index in [-0.39, 0.29) is 17.9 Å². The molecule has 1 amide bonds. The largest absolute Gasteiger partial charge is 0.497 e. The van der Waals surface area contributed by atoms with Crippen LogP contribution in [-0.4, -0.2) is 24.0 Å². The topological polar surface area (TPSA) is 86.5 Å². The van der Waals surface area contributed by atoms with Crippen LogP contribution < -0.4 is 20.5 Å². The smallest absolute Gasteiger partial charge is 0.223 e. The lowest BCUT2D eigenvalue weighted by Gasteiger charge is -2.43. The second-order valence-corrected chi connectivity index (χ2v) is 8.19. The molecular weight excluding hydrogens is 366 g/mol. The van der Waals surface area contributed by atoms with Crippen LogP contribution >= 0.6 is 0 Å². The summed E-state index contributed by atoms with van der Waals surface area (Å²) in [4.78, 5) is 17.0. The number of hydrogen-bond donors (Lipinski definition) is 2. The van der Waals surface area contributed by atoms with Crippen LogP contribution in [-0.2, 0) is 11.3 Å². The normalized spacial score (nSPS) is 25.9. The molecule has 3 N–H and O–H groups in total. The first-order valence-electron chi connectivity index (χ1n) is 10.4. The Kier molecular flexibility index (Phi) is 6.00. The number of benzene rings is 1. The van der Waals surface area contributed by atoms with E-state index in [0.717, 1.165) is 37.0 Å². The molecule has 2 fully saturated rings. The van der Waals surface area contributed by atoms with Gasteiger partial charge in [-0.25, -0.2) is 4.98 Å². The van der Waals surface area contributed by atoms with E-state index in [0.29, 0.717) is 30.0 Å². The fourth-order valence-electron chi connectivity index (χ4n) is 4.72. The van der Waals surface area contributed by atoms with Crippen molar-refractivity contribution in [2.75, 3.05) is 7.11 Å². The van der Waals surface area contributed by atoms with E-state index in [4.69, 9.17) is 15.2 Å². The lowest BCUT2D eigenvalue weighted by atomic mass is 9.65. The number of amides is 1. The summed E-state index contributed by atoms with van der Waals surface area (Å²) in [5.41, 5.74) is 7.31. The Balaban J connectivity index is 1.32. The molecule has 1 aromatic heterocycles. The van der Waals surface area contributed by atoms with Crippen LogP contribution in [0.4, 0.5) is 0 Å². The molecular formula is C23H29N3O3. The molecule has 0 aliphatic heterocycles. The van der Waals surface area contributed by atoms with Crippen LogP contribution in [0.2, 0.25) is 0 Å². The summed E-state index contributed by atoms with van der Waals surface area (Å²) in [7, 11) is 1.63. The fourth-order valence-corrected chi connectivity index (χ4v) is 4.72. The number of rotatable bonds is 6. The lowest BCUT2D eigenvalue weighted by molar-refractivity contribution is -0.128. The van der Waals surface area contributed by atoms with Gasteiger partial charge in [0.2, 0.25) is 11.8 Å². The van der Waals surface area contributed by atoms with Gasteiger partial charge in [0.25, 0.3) is 0 Å². The van der Waals surface area contributed by atoms with E-state index in [1.165, 1.54) is 6.42 Å². The van der Waals surface area contributed by atoms with Gasteiger partial charge >= 0.3 is 0 Å². The summed E-state index contributed by atoms with van der Waals surface area (Å²) in [6, 6.07) is 11.4. The Bertz CT molecular complexity index is 826. The molecule has 0 saturated heterocycles. The molecule has 2 unspecified atom stereocenters. The Labute approximate surface area is 171 Å². The first kappa shape index (κ1) is 19.7. The molecule has 0 spiro atoms. The van der Waals surface area contributed by atoms with Crippen molar-refractivity contribution in [3.05, 3.63) is 48.2 Å². The maximum absolute atomic E-state index is 12.7. The number of fused-ring (bicyclic) bond motifs is 2. The van der Waals surface area contributed by atoms with E-state index in [2.05, 4.69) is 10.3 Å². The van der Waals surface area contributed by atoms with Crippen LogP contribution in [0.1, 0.15) is 37.7 Å². The van der Waals surface area contributed by atoms with Crippen molar-refractivity contribution < 1.29 is 14.3 Å². The van der Waals surface area contributed by atoms with Crippen molar-refractivity contribution in [3.63, 3.8) is 0 Å². The van der Waals surface area contributed by atoms with Crippen molar-refractivity contribution >= 4 is 5.91 Å². The van der Waals surface area contributed by atoms with Crippen molar-refractivity contribution in [3.8, 4) is 17.4 Å². The first-order chi connectivity index (χ1) is 14.1. The minimum Gasteiger partial charge on any atom is -0.497 e. The number of methoxy groups -OCH3 is 1. The van der Waals surface area contributed by atoms with Crippen LogP contribution in [0.25, 0.3) is 0 Å². The van der Waals surface area contributed by atoms with E-state index < -0.39 is 0 Å². The molecule has 2 bridgehead atoms. The van der Waals surface area contributed by atoms with Crippen LogP contribution in [0.15, 0.2) is 42.6 Å². The molecule has 154 valence electrons. The average molecular weight is 396 g/mol. The monoisotopic (exact) mass is 395 g/mol. The third-order valence-corrected chi connectivity index (χ3v) is 6.33. The maximum Gasteiger partial charge on any atom is 0.223 e. The predicted octanol–water partition coefficient (Wildman–Crippen LogP) is 3.65. The molecule has 2 saturated carbocycles. The highest BCUT2D eigenvalue weighted by Crippen LogP contribution is 2.41. The number of nitrogens with two attached hydrogens (primary N) is 1. The molecule has 2 aliphatic rings. The van der Waals surface area contributed by atoms with Gasteiger partial charge in [-0.1, -0.05) is 6.42 Å². The third-order valence-electron chi connectivity index (χ3n) is 6.33. The fraction of sp³-hybridized carbons (Fsp3) is 0.478. The first-order valence-corrected chi connectivity index (χ1v) is 10.4. The zero-order valence-corrected chi connectivity index (χ0v) is 16.8. The number of ether oxygens (including phenoxy) is 2. The Morgan fingerprint density at radius 2 is 1.83 bits per heavy atom. The summed E-state index contributed by atoms with van der Waals surface area (Å²) < 4.78 is 11.0. The number of hydrogen-bond acceptors (Lipinski definition) is 5. The van der Waals surface area contributed by atoms with Crippen LogP contribution in [0, 0.1) is 17.8 Å². The van der Waals surface area contributed by atoms with Crippen molar-refractivity contribution in [2.24, 2.45) is 23.5 Å². The minimum atomic E-state index is 0.0851. The molecule has 6 nitrogen and oxygen atoms in total. The van der Waals surface area contributed by atoms with Gasteiger partial charge in [0.05, 0.1) is 7.11 Å². The maximum atomic E-state index is 12.7. The predicted molar refractivity (Wildman–Crippen MR) is 111 cm³/mol. The number of nitrogens with one attached hydrogen (secondary N) is 1. The van der Waals surface area contributed by atoms with Crippen molar-refractivity contribution in [2.45, 2.75) is 44.7 Å². The molecule has 0 radical (unpaired) electrons. The van der Waals surface area contributed by atoms with E-state index in [1.807, 2.05) is 36.4 Å². The highest BCUT2D eigenvalue weighted by Gasteiger charge is 2.40. The van der Waals surface area contributed by atoms with E-state index in [9.17, 15) is 4.79 Å². The van der Waals surface area contributed by atoms with Gasteiger partial charge in [-0.2, -0.15) is 0 Å². The standard InChI is InChI=1S/C23H29N3O3/c1-28-19-5-7-20(8-6-19)29-21-11-15(9-10-25-21)14-26-23(27)18-12-16-3-2-4-17(13-18)22(16)24/h5-11,16-18,22H,2-4,12-14,24H2,1H3,(H,26,27). The molecule has 29 heavy (non-hydrogen) atoms. The van der Waals surface area contributed by atoms with E-state index >= 15 is 0 Å². The Hall–Kier alpha value is -2.60. The quantitative estimate of drug-likeness (QED) is 0.780. The van der Waals surface area contributed by atoms with Gasteiger partial charge in [0.15, 0.2) is 0 Å². The number of carbonyl (C=O) groups is 1. The number of pyridine rings is 1. The Morgan fingerprint density at radius 3 is 2.52 bits per heavy atom. The molecule has 1 heterocycles. The summed E-state index contributed by atoms with van der Waals surface area (Å²) in [6.07, 6.45) is 7.13. The van der Waals surface area contributed by atoms with Gasteiger partial charge in [0.1, 0.15) is 11.5 Å². The second kappa shape index (κ2) is 8.82. The van der Waals surface area contributed by atoms with Gasteiger partial charge < -0.3 is 20.5 Å². The molecule has 2 aliphatic carbocycles. The lowest BCUT2D eigenvalue weighted by Crippen LogP contribution is -2.49. The molecule has 4 rings (SSSR count). The Morgan fingerprint density at radius 1 is 1.14 bits per heavy atom. The molecule has 2 atom stereocenters. The number of nitrogens with zero attached hydrogens (tertiary/aromatic N) is 1. The molecule has 6 heteroatoms. The average Bonchev–Trinajstić information content (AvgIpc) is 2.73. The van der Waals surface area contributed by atoms with Gasteiger partial charge in [-0.05, 0) is 73.4 Å². The summed E-state index contributed by atoms with van der Waals surface area (Å²) in [5.74, 6) is 3.19. The zero-order valence-electron chi connectivity index (χ0n) is 16.8. The number of aromatic nitrogens is 1. The van der Waals surface area contributed by atoms with Gasteiger partial charge in [-0.3, -0.25) is 4.79 Å². The van der Waals surface area contributed by atoms with Crippen molar-refractivity contribution in [1.29, 1.82) is 0 Å². The highest BCUT2D eigenvalue weighted by atomic mass is 16.5. The van der Waals surface area contributed by atoms with Crippen LogP contribution in [0.5, 0.6) is 17.4 Å². The van der Waals surface area contributed by atoms with Crippen molar-refractivity contribution in [1.82, 2.24) is 10.3 Å². The van der Waals surface area contributed by atoms with Gasteiger partial charge in [-0.15, -0.1) is 0 Å². The van der Waals surface area contributed by atoms with E-state index in [1.54, 1.807) is 13.3 Å². The molecule has 1 aromatic carbocycles. The zero-order chi connectivity index (χ0) is 20.2. The third kappa shape index (κ3) is 4.70. The van der Waals surface area contributed by atoms with Crippen LogP contribution in [0.3, 0.4) is 0 Å². The second-order valence-electron chi connectivity index (χ2n) is 8.19. The summed E-state index contributed by atoms with van der Waals surface area (Å²) in [5, 5.41) is 3.10. The molecule has 2 aromatic rings. The summed E-state index contributed by atoms with van der Waals surface area (Å²) in [6.45, 7) is 0.470. The van der Waals surface area contributed by atoms with Gasteiger partial charge in [0, 0.05) is 30.8 Å². The summed E-state index contributed by atoms with van der Waals surface area (Å²) >= 11 is 0. The number of carbonyl (C=O) groups excluding carboxylic acids is 1.